The van der Waals surface area contributed by atoms with Gasteiger partial charge in [0.15, 0.2) is 5.92 Å². The third-order valence-electron chi connectivity index (χ3n) is 5.86. The van der Waals surface area contributed by atoms with E-state index < -0.39 is 17.9 Å². The van der Waals surface area contributed by atoms with Crippen LogP contribution in [0.5, 0.6) is 11.5 Å². The predicted molar refractivity (Wildman–Crippen MR) is 134 cm³/mol. The zero-order valence-corrected chi connectivity index (χ0v) is 20.4. The summed E-state index contributed by atoms with van der Waals surface area (Å²) in [6.07, 6.45) is 2.27. The Morgan fingerprint density at radius 2 is 1.14 bits per heavy atom. The van der Waals surface area contributed by atoms with Gasteiger partial charge >= 0.3 is 11.9 Å². The minimum Gasteiger partial charge on any atom is -0.497 e. The summed E-state index contributed by atoms with van der Waals surface area (Å²) in [4.78, 5) is 24.9. The van der Waals surface area contributed by atoms with Gasteiger partial charge in [0.25, 0.3) is 0 Å². The van der Waals surface area contributed by atoms with E-state index in [0.717, 1.165) is 33.8 Å². The number of ether oxygens (including phenoxy) is 4. The smallest absolute Gasteiger partial charge is 0.320 e. The summed E-state index contributed by atoms with van der Waals surface area (Å²) in [5.74, 6) is -1.08. The normalized spacial score (nSPS) is 11.3. The molecule has 182 valence electrons. The molecule has 3 aromatic rings. The lowest BCUT2D eigenvalue weighted by atomic mass is 9.84. The Balaban J connectivity index is 2.15. The number of hydrogen-bond acceptors (Lipinski definition) is 6. The van der Waals surface area contributed by atoms with Gasteiger partial charge in [0.1, 0.15) is 11.5 Å². The molecule has 0 aliphatic heterocycles. The molecule has 6 nitrogen and oxygen atoms in total. The van der Waals surface area contributed by atoms with Gasteiger partial charge in [0.2, 0.25) is 0 Å². The summed E-state index contributed by atoms with van der Waals surface area (Å²) in [5.41, 5.74) is 3.83. The summed E-state index contributed by atoms with van der Waals surface area (Å²) in [7, 11) is 5.79. The van der Waals surface area contributed by atoms with Crippen LogP contribution in [0, 0.1) is 5.92 Å². The lowest BCUT2D eigenvalue weighted by Gasteiger charge is -2.21. The molecule has 0 N–H and O–H groups in total. The van der Waals surface area contributed by atoms with Crippen LogP contribution in [0.4, 0.5) is 0 Å². The van der Waals surface area contributed by atoms with Crippen molar-refractivity contribution < 1.29 is 28.5 Å². The van der Waals surface area contributed by atoms with Crippen LogP contribution in [0.15, 0.2) is 84.9 Å². The maximum atomic E-state index is 12.5. The average molecular weight is 475 g/mol. The highest BCUT2D eigenvalue weighted by Gasteiger charge is 2.32. The highest BCUT2D eigenvalue weighted by atomic mass is 16.5. The minimum atomic E-state index is -1.06. The lowest BCUT2D eigenvalue weighted by Crippen LogP contribution is -2.28. The van der Waals surface area contributed by atoms with Gasteiger partial charge in [-0.3, -0.25) is 9.59 Å². The van der Waals surface area contributed by atoms with Crippen molar-refractivity contribution in [2.45, 2.75) is 12.3 Å². The fourth-order valence-corrected chi connectivity index (χ4v) is 3.93. The zero-order valence-electron chi connectivity index (χ0n) is 20.4. The standard InChI is InChI=1S/C29H30O6/c1-32-24-14-10-21(11-15-24)26(22-12-16-25(33-2)17-13-22)18-23(20-8-6-5-7-9-20)19-27(28(30)34-3)29(31)35-4/h5-18,23,27H,19H2,1-4H3. The van der Waals surface area contributed by atoms with Gasteiger partial charge in [-0.25, -0.2) is 0 Å². The molecule has 1 unspecified atom stereocenters. The van der Waals surface area contributed by atoms with Crippen LogP contribution in [0.1, 0.15) is 29.0 Å². The van der Waals surface area contributed by atoms with Crippen LogP contribution in [-0.2, 0) is 19.1 Å². The van der Waals surface area contributed by atoms with E-state index in [4.69, 9.17) is 18.9 Å². The molecule has 0 aliphatic carbocycles. The maximum Gasteiger partial charge on any atom is 0.320 e. The molecule has 3 rings (SSSR count). The van der Waals surface area contributed by atoms with E-state index in [9.17, 15) is 9.59 Å². The van der Waals surface area contributed by atoms with E-state index in [2.05, 4.69) is 6.08 Å². The van der Waals surface area contributed by atoms with Gasteiger partial charge in [-0.2, -0.15) is 0 Å². The van der Waals surface area contributed by atoms with Gasteiger partial charge in [-0.15, -0.1) is 0 Å². The topological polar surface area (TPSA) is 71.1 Å². The number of carbonyl (C=O) groups excluding carboxylic acids is 2. The van der Waals surface area contributed by atoms with Crippen LogP contribution in [0.3, 0.4) is 0 Å². The molecular formula is C29H30O6. The van der Waals surface area contributed by atoms with Crippen LogP contribution >= 0.6 is 0 Å². The first kappa shape index (κ1) is 25.6. The Bertz CT molecular complexity index is 1070. The molecule has 0 saturated heterocycles. The van der Waals surface area contributed by atoms with Crippen molar-refractivity contribution >= 4 is 17.5 Å². The number of rotatable bonds is 10. The van der Waals surface area contributed by atoms with Crippen molar-refractivity contribution in [3.8, 4) is 11.5 Å². The SMILES string of the molecule is COC(=O)C(CC(C=C(c1ccc(OC)cc1)c1ccc(OC)cc1)c1ccccc1)C(=O)OC. The second kappa shape index (κ2) is 12.4. The molecule has 3 aromatic carbocycles. The van der Waals surface area contributed by atoms with E-state index in [1.807, 2.05) is 78.9 Å². The van der Waals surface area contributed by atoms with Crippen molar-refractivity contribution in [3.63, 3.8) is 0 Å². The van der Waals surface area contributed by atoms with E-state index in [-0.39, 0.29) is 12.3 Å². The first-order chi connectivity index (χ1) is 17.0. The Hall–Kier alpha value is -4.06. The third kappa shape index (κ3) is 6.51. The molecule has 0 saturated carbocycles. The first-order valence-corrected chi connectivity index (χ1v) is 11.2. The number of esters is 2. The third-order valence-corrected chi connectivity index (χ3v) is 5.86. The Morgan fingerprint density at radius 1 is 0.686 bits per heavy atom. The monoisotopic (exact) mass is 474 g/mol. The quantitative estimate of drug-likeness (QED) is 0.294. The lowest BCUT2D eigenvalue weighted by molar-refractivity contribution is -0.159. The molecule has 0 amide bonds. The number of allylic oxidation sites excluding steroid dienone is 1. The summed E-state index contributed by atoms with van der Waals surface area (Å²) in [6.45, 7) is 0. The van der Waals surface area contributed by atoms with Crippen molar-refractivity contribution in [1.29, 1.82) is 0 Å². The van der Waals surface area contributed by atoms with E-state index in [1.165, 1.54) is 14.2 Å². The predicted octanol–water partition coefficient (Wildman–Crippen LogP) is 5.27. The van der Waals surface area contributed by atoms with Crippen molar-refractivity contribution in [3.05, 3.63) is 102 Å². The van der Waals surface area contributed by atoms with Crippen molar-refractivity contribution in [1.82, 2.24) is 0 Å². The van der Waals surface area contributed by atoms with Gasteiger partial charge in [-0.1, -0.05) is 60.7 Å². The molecule has 0 fully saturated rings. The zero-order chi connectivity index (χ0) is 25.2. The van der Waals surface area contributed by atoms with Gasteiger partial charge < -0.3 is 18.9 Å². The Kier molecular flexibility index (Phi) is 9.07. The summed E-state index contributed by atoms with van der Waals surface area (Å²) >= 11 is 0. The van der Waals surface area contributed by atoms with E-state index >= 15 is 0 Å². The summed E-state index contributed by atoms with van der Waals surface area (Å²) in [6, 6.07) is 25.3. The van der Waals surface area contributed by atoms with Gasteiger partial charge in [0, 0.05) is 5.92 Å². The Morgan fingerprint density at radius 3 is 1.54 bits per heavy atom. The molecule has 0 aliphatic rings. The molecule has 35 heavy (non-hydrogen) atoms. The molecule has 0 heterocycles. The molecular weight excluding hydrogens is 444 g/mol. The number of methoxy groups -OCH3 is 4. The Labute approximate surface area is 206 Å². The number of benzene rings is 3. The molecule has 1 atom stereocenters. The van der Waals surface area contributed by atoms with Crippen LogP contribution in [0.2, 0.25) is 0 Å². The van der Waals surface area contributed by atoms with E-state index in [0.29, 0.717) is 0 Å². The number of hydrogen-bond donors (Lipinski definition) is 0. The van der Waals surface area contributed by atoms with Gasteiger partial charge in [-0.05, 0) is 52.9 Å². The second-order valence-corrected chi connectivity index (χ2v) is 7.89. The second-order valence-electron chi connectivity index (χ2n) is 7.89. The fourth-order valence-electron chi connectivity index (χ4n) is 3.93. The molecule has 6 heteroatoms. The van der Waals surface area contributed by atoms with E-state index in [1.54, 1.807) is 14.2 Å². The highest BCUT2D eigenvalue weighted by Crippen LogP contribution is 2.34. The summed E-state index contributed by atoms with van der Waals surface area (Å²) in [5, 5.41) is 0. The molecule has 0 bridgehead atoms. The average Bonchev–Trinajstić information content (AvgIpc) is 2.93. The van der Waals surface area contributed by atoms with Crippen LogP contribution < -0.4 is 9.47 Å². The first-order valence-electron chi connectivity index (χ1n) is 11.2. The van der Waals surface area contributed by atoms with Crippen LogP contribution in [0.25, 0.3) is 5.57 Å². The maximum absolute atomic E-state index is 12.5. The molecule has 0 spiro atoms. The number of carbonyl (C=O) groups is 2. The molecule has 0 radical (unpaired) electrons. The van der Waals surface area contributed by atoms with Crippen molar-refractivity contribution in [2.24, 2.45) is 5.92 Å². The largest absolute Gasteiger partial charge is 0.497 e. The molecule has 0 aromatic heterocycles. The van der Waals surface area contributed by atoms with Crippen LogP contribution in [-0.4, -0.2) is 40.4 Å². The van der Waals surface area contributed by atoms with Gasteiger partial charge in [0.05, 0.1) is 28.4 Å². The summed E-state index contributed by atoms with van der Waals surface area (Å²) < 4.78 is 20.5. The fraction of sp³-hybridized carbons (Fsp3) is 0.241. The minimum absolute atomic E-state index is 0.194. The highest BCUT2D eigenvalue weighted by molar-refractivity contribution is 5.95. The van der Waals surface area contributed by atoms with Crippen molar-refractivity contribution in [2.75, 3.05) is 28.4 Å².